The number of aromatic amines is 1. The van der Waals surface area contributed by atoms with Gasteiger partial charge in [-0.1, -0.05) is 12.1 Å². The lowest BCUT2D eigenvalue weighted by atomic mass is 10.3. The van der Waals surface area contributed by atoms with Gasteiger partial charge >= 0.3 is 5.97 Å². The van der Waals surface area contributed by atoms with Crippen LogP contribution in [0.5, 0.6) is 0 Å². The van der Waals surface area contributed by atoms with Gasteiger partial charge in [0.25, 0.3) is 0 Å². The lowest BCUT2D eigenvalue weighted by Gasteiger charge is -1.96. The van der Waals surface area contributed by atoms with Crippen LogP contribution in [0, 0.1) is 6.92 Å². The van der Waals surface area contributed by atoms with Gasteiger partial charge in [0, 0.05) is 0 Å². The number of H-pyrrole nitrogens is 1. The molecule has 0 radical (unpaired) electrons. The number of aryl methyl sites for hydroxylation is 1. The van der Waals surface area contributed by atoms with Crippen LogP contribution in [-0.2, 0) is 4.74 Å². The van der Waals surface area contributed by atoms with Crippen LogP contribution in [0.2, 0.25) is 0 Å². The van der Waals surface area contributed by atoms with Crippen LogP contribution in [0.3, 0.4) is 0 Å². The first kappa shape index (κ1) is 12.3. The Bertz CT molecular complexity index is 741. The first-order chi connectivity index (χ1) is 9.69. The van der Waals surface area contributed by atoms with E-state index < -0.39 is 5.97 Å². The largest absolute Gasteiger partial charge is 0.461 e. The fourth-order valence-electron chi connectivity index (χ4n) is 1.90. The van der Waals surface area contributed by atoms with Gasteiger partial charge in [-0.15, -0.1) is 15.0 Å². The van der Waals surface area contributed by atoms with Gasteiger partial charge in [-0.25, -0.2) is 9.78 Å². The summed E-state index contributed by atoms with van der Waals surface area (Å²) in [5, 5.41) is 8.32. The van der Waals surface area contributed by atoms with Crippen LogP contribution < -0.4 is 0 Å². The third kappa shape index (κ3) is 2.03. The molecule has 7 nitrogen and oxygen atoms in total. The fourth-order valence-corrected chi connectivity index (χ4v) is 1.90. The number of hydrogen-bond donors (Lipinski definition) is 1. The summed E-state index contributed by atoms with van der Waals surface area (Å²) < 4.78 is 4.93. The minimum Gasteiger partial charge on any atom is -0.461 e. The predicted octanol–water partition coefficient (Wildman–Crippen LogP) is 1.63. The van der Waals surface area contributed by atoms with Crippen molar-refractivity contribution >= 4 is 17.0 Å². The van der Waals surface area contributed by atoms with Crippen LogP contribution in [0.1, 0.15) is 23.1 Å². The topological polar surface area (TPSA) is 85.7 Å². The molecule has 0 aliphatic rings. The van der Waals surface area contributed by atoms with Crippen LogP contribution in [0.4, 0.5) is 0 Å². The molecule has 3 aromatic rings. The number of fused-ring (bicyclic) bond motifs is 1. The normalized spacial score (nSPS) is 10.9. The van der Waals surface area contributed by atoms with E-state index in [4.69, 9.17) is 4.74 Å². The molecule has 0 aliphatic heterocycles. The van der Waals surface area contributed by atoms with Crippen LogP contribution in [-0.4, -0.2) is 37.5 Å². The lowest BCUT2D eigenvalue weighted by molar-refractivity contribution is 0.0518. The number of rotatable bonds is 3. The van der Waals surface area contributed by atoms with E-state index in [1.807, 2.05) is 24.3 Å². The molecule has 102 valence electrons. The number of esters is 1. The first-order valence-electron chi connectivity index (χ1n) is 6.25. The van der Waals surface area contributed by atoms with E-state index in [9.17, 15) is 4.79 Å². The minimum atomic E-state index is -0.479. The molecule has 0 saturated carbocycles. The molecule has 0 amide bonds. The molecule has 0 saturated heterocycles. The zero-order chi connectivity index (χ0) is 14.1. The summed E-state index contributed by atoms with van der Waals surface area (Å²) >= 11 is 0. The highest BCUT2D eigenvalue weighted by atomic mass is 16.5. The molecular formula is C13H13N5O2. The summed E-state index contributed by atoms with van der Waals surface area (Å²) in [6, 6.07) is 7.61. The second-order valence-corrected chi connectivity index (χ2v) is 4.22. The van der Waals surface area contributed by atoms with Crippen LogP contribution in [0.15, 0.2) is 24.3 Å². The van der Waals surface area contributed by atoms with Gasteiger partial charge < -0.3 is 9.72 Å². The van der Waals surface area contributed by atoms with Crippen molar-refractivity contribution in [1.82, 2.24) is 25.0 Å². The van der Waals surface area contributed by atoms with Crippen LogP contribution in [0.25, 0.3) is 17.0 Å². The van der Waals surface area contributed by atoms with Gasteiger partial charge in [0.2, 0.25) is 5.95 Å². The van der Waals surface area contributed by atoms with Crippen LogP contribution >= 0.6 is 0 Å². The molecule has 1 aromatic carbocycles. The van der Waals surface area contributed by atoms with E-state index in [0.717, 1.165) is 11.0 Å². The van der Waals surface area contributed by atoms with Crippen molar-refractivity contribution in [3.63, 3.8) is 0 Å². The molecule has 0 bridgehead atoms. The standard InChI is InChI=1S/C13H13N5O2/c1-3-20-12(19)11-8(2)16-18(17-11)13-14-9-6-4-5-7-10(9)15-13/h4-7H,3H2,1-2H3,(H,14,15). The van der Waals surface area contributed by atoms with Gasteiger partial charge in [-0.3, -0.25) is 0 Å². The Morgan fingerprint density at radius 3 is 2.90 bits per heavy atom. The summed E-state index contributed by atoms with van der Waals surface area (Å²) in [4.78, 5) is 20.5. The Morgan fingerprint density at radius 2 is 2.15 bits per heavy atom. The van der Waals surface area contributed by atoms with E-state index in [1.54, 1.807) is 13.8 Å². The monoisotopic (exact) mass is 271 g/mol. The smallest absolute Gasteiger partial charge is 0.360 e. The van der Waals surface area contributed by atoms with E-state index in [1.165, 1.54) is 4.80 Å². The Labute approximate surface area is 114 Å². The number of carbonyl (C=O) groups excluding carboxylic acids is 1. The number of imidazole rings is 1. The summed E-state index contributed by atoms with van der Waals surface area (Å²) in [5.74, 6) is -0.0165. The Balaban J connectivity index is 2.02. The van der Waals surface area contributed by atoms with Crippen molar-refractivity contribution in [2.24, 2.45) is 0 Å². The molecule has 0 fully saturated rings. The number of hydrogen-bond acceptors (Lipinski definition) is 5. The first-order valence-corrected chi connectivity index (χ1v) is 6.25. The zero-order valence-electron chi connectivity index (χ0n) is 11.1. The maximum absolute atomic E-state index is 11.7. The van der Waals surface area contributed by atoms with Gasteiger partial charge in [-0.2, -0.15) is 0 Å². The minimum absolute atomic E-state index is 0.201. The molecule has 0 atom stereocenters. The van der Waals surface area contributed by atoms with Crippen molar-refractivity contribution in [3.05, 3.63) is 35.7 Å². The number of aromatic nitrogens is 5. The van der Waals surface area contributed by atoms with Crippen molar-refractivity contribution in [1.29, 1.82) is 0 Å². The van der Waals surface area contributed by atoms with E-state index >= 15 is 0 Å². The molecule has 2 aromatic heterocycles. The summed E-state index contributed by atoms with van der Waals surface area (Å²) in [7, 11) is 0. The maximum Gasteiger partial charge on any atom is 0.360 e. The number of nitrogens with one attached hydrogen (secondary N) is 1. The Hall–Kier alpha value is -2.70. The highest BCUT2D eigenvalue weighted by molar-refractivity contribution is 5.88. The number of carbonyl (C=O) groups is 1. The average Bonchev–Trinajstić information content (AvgIpc) is 3.02. The van der Waals surface area contributed by atoms with Gasteiger partial charge in [-0.05, 0) is 26.0 Å². The predicted molar refractivity (Wildman–Crippen MR) is 71.7 cm³/mol. The van der Waals surface area contributed by atoms with Gasteiger partial charge in [0.05, 0.1) is 23.3 Å². The second-order valence-electron chi connectivity index (χ2n) is 4.22. The number of ether oxygens (including phenoxy) is 1. The van der Waals surface area contributed by atoms with Gasteiger partial charge in [0.15, 0.2) is 5.69 Å². The Kier molecular flexibility index (Phi) is 2.94. The number of nitrogens with zero attached hydrogens (tertiary/aromatic N) is 4. The van der Waals surface area contributed by atoms with E-state index in [-0.39, 0.29) is 5.69 Å². The maximum atomic E-state index is 11.7. The van der Waals surface area contributed by atoms with Crippen molar-refractivity contribution in [3.8, 4) is 5.95 Å². The average molecular weight is 271 g/mol. The van der Waals surface area contributed by atoms with Gasteiger partial charge in [0.1, 0.15) is 0 Å². The number of benzene rings is 1. The molecular weight excluding hydrogens is 258 g/mol. The lowest BCUT2D eigenvalue weighted by Crippen LogP contribution is -2.08. The van der Waals surface area contributed by atoms with Crippen molar-refractivity contribution in [2.45, 2.75) is 13.8 Å². The second kappa shape index (κ2) is 4.76. The quantitative estimate of drug-likeness (QED) is 0.732. The fraction of sp³-hybridized carbons (Fsp3) is 0.231. The molecule has 7 heteroatoms. The summed E-state index contributed by atoms with van der Waals surface area (Å²) in [5.41, 5.74) is 2.40. The summed E-state index contributed by atoms with van der Waals surface area (Å²) in [6.45, 7) is 3.76. The Morgan fingerprint density at radius 1 is 1.35 bits per heavy atom. The van der Waals surface area contributed by atoms with E-state index in [0.29, 0.717) is 18.2 Å². The van der Waals surface area contributed by atoms with E-state index in [2.05, 4.69) is 20.2 Å². The summed E-state index contributed by atoms with van der Waals surface area (Å²) in [6.07, 6.45) is 0. The highest BCUT2D eigenvalue weighted by Gasteiger charge is 2.18. The molecule has 20 heavy (non-hydrogen) atoms. The molecule has 0 aliphatic carbocycles. The molecule has 0 spiro atoms. The third-order valence-electron chi connectivity index (χ3n) is 2.82. The molecule has 0 unspecified atom stereocenters. The molecule has 3 rings (SSSR count). The molecule has 2 heterocycles. The SMILES string of the molecule is CCOC(=O)c1nn(-c2nc3ccccc3[nH]2)nc1C. The third-order valence-corrected chi connectivity index (χ3v) is 2.82. The van der Waals surface area contributed by atoms with Crippen molar-refractivity contribution < 1.29 is 9.53 Å². The highest BCUT2D eigenvalue weighted by Crippen LogP contribution is 2.13. The zero-order valence-corrected chi connectivity index (χ0v) is 11.1. The number of para-hydroxylation sites is 2. The van der Waals surface area contributed by atoms with Crippen molar-refractivity contribution in [2.75, 3.05) is 6.61 Å². The molecule has 1 N–H and O–H groups in total.